The first-order chi connectivity index (χ1) is 10.5. The molecule has 2 aromatic heterocycles. The van der Waals surface area contributed by atoms with Gasteiger partial charge in [0.2, 0.25) is 5.91 Å². The monoisotopic (exact) mass is 298 g/mol. The van der Waals surface area contributed by atoms with Crippen molar-refractivity contribution in [2.24, 2.45) is 0 Å². The van der Waals surface area contributed by atoms with Crippen molar-refractivity contribution in [1.82, 2.24) is 14.9 Å². The van der Waals surface area contributed by atoms with E-state index in [9.17, 15) is 4.79 Å². The number of hydrogen-bond acceptors (Lipinski definition) is 4. The predicted molar refractivity (Wildman–Crippen MR) is 83.7 cm³/mol. The smallest absolute Gasteiger partial charge is 0.226 e. The van der Waals surface area contributed by atoms with Crippen molar-refractivity contribution in [3.63, 3.8) is 0 Å². The van der Waals surface area contributed by atoms with Gasteiger partial charge in [0.15, 0.2) is 5.76 Å². The first-order valence-electron chi connectivity index (χ1n) is 7.19. The Morgan fingerprint density at radius 2 is 2.14 bits per heavy atom. The zero-order chi connectivity index (χ0) is 15.7. The summed E-state index contributed by atoms with van der Waals surface area (Å²) in [5, 5.41) is 12.1. The Hall–Kier alpha value is -2.63. The molecule has 3 aromatic rings. The lowest BCUT2D eigenvalue weighted by molar-refractivity contribution is -0.116. The fourth-order valence-electron chi connectivity index (χ4n) is 2.43. The van der Waals surface area contributed by atoms with E-state index in [2.05, 4.69) is 27.7 Å². The fourth-order valence-corrected chi connectivity index (χ4v) is 2.43. The number of carbonyl (C=O) groups excluding carboxylic acids is 1. The number of hydrogen-bond donors (Lipinski definition) is 1. The normalized spacial score (nSPS) is 11.0. The molecule has 6 nitrogen and oxygen atoms in total. The zero-order valence-corrected chi connectivity index (χ0v) is 12.9. The zero-order valence-electron chi connectivity index (χ0n) is 12.9. The van der Waals surface area contributed by atoms with E-state index in [1.807, 2.05) is 23.9 Å². The molecule has 0 fully saturated rings. The summed E-state index contributed by atoms with van der Waals surface area (Å²) in [5.41, 5.74) is 3.57. The van der Waals surface area contributed by atoms with Crippen molar-refractivity contribution in [1.29, 1.82) is 0 Å². The number of carbonyl (C=O) groups is 1. The summed E-state index contributed by atoms with van der Waals surface area (Å²) >= 11 is 0. The summed E-state index contributed by atoms with van der Waals surface area (Å²) in [6.07, 6.45) is 2.16. The number of nitrogens with one attached hydrogen (secondary N) is 1. The van der Waals surface area contributed by atoms with Crippen molar-refractivity contribution in [3.8, 4) is 0 Å². The molecule has 2 heterocycles. The van der Waals surface area contributed by atoms with E-state index in [0.717, 1.165) is 10.9 Å². The van der Waals surface area contributed by atoms with E-state index >= 15 is 0 Å². The molecule has 22 heavy (non-hydrogen) atoms. The molecule has 0 aliphatic heterocycles. The van der Waals surface area contributed by atoms with Gasteiger partial charge in [-0.1, -0.05) is 17.3 Å². The predicted octanol–water partition coefficient (Wildman–Crippen LogP) is 2.98. The highest BCUT2D eigenvalue weighted by atomic mass is 16.5. The number of aryl methyl sites for hydroxylation is 4. The molecule has 114 valence electrons. The lowest BCUT2D eigenvalue weighted by Gasteiger charge is -2.06. The molecule has 0 aliphatic carbocycles. The Kier molecular flexibility index (Phi) is 3.66. The maximum absolute atomic E-state index is 12.1. The SMILES string of the molecule is Cc1ccc2cnn(CCC(=O)Nc3c(C)noc3C)c2c1. The number of anilines is 1. The fraction of sp³-hybridized carbons (Fsp3) is 0.312. The van der Waals surface area contributed by atoms with Crippen molar-refractivity contribution in [2.75, 3.05) is 5.32 Å². The lowest BCUT2D eigenvalue weighted by Crippen LogP contribution is -2.15. The minimum atomic E-state index is -0.0781. The molecule has 1 amide bonds. The third-order valence-electron chi connectivity index (χ3n) is 3.65. The van der Waals surface area contributed by atoms with Gasteiger partial charge in [0, 0.05) is 11.8 Å². The van der Waals surface area contributed by atoms with Crippen LogP contribution in [-0.4, -0.2) is 20.8 Å². The Morgan fingerprint density at radius 1 is 1.32 bits per heavy atom. The third kappa shape index (κ3) is 2.72. The van der Waals surface area contributed by atoms with Crippen LogP contribution in [0.25, 0.3) is 10.9 Å². The van der Waals surface area contributed by atoms with Crippen LogP contribution in [0.3, 0.4) is 0 Å². The average Bonchev–Trinajstić information content (AvgIpc) is 3.03. The van der Waals surface area contributed by atoms with Crippen LogP contribution in [0, 0.1) is 20.8 Å². The molecule has 0 atom stereocenters. The molecule has 0 aliphatic rings. The Balaban J connectivity index is 1.69. The number of nitrogens with zero attached hydrogens (tertiary/aromatic N) is 3. The minimum Gasteiger partial charge on any atom is -0.359 e. The molecular formula is C16H18N4O2. The largest absolute Gasteiger partial charge is 0.359 e. The van der Waals surface area contributed by atoms with Crippen LogP contribution in [0.4, 0.5) is 5.69 Å². The third-order valence-corrected chi connectivity index (χ3v) is 3.65. The topological polar surface area (TPSA) is 73.0 Å². The number of fused-ring (bicyclic) bond motifs is 1. The molecule has 1 aromatic carbocycles. The van der Waals surface area contributed by atoms with Crippen molar-refractivity contribution >= 4 is 22.5 Å². The number of amides is 1. The molecule has 0 unspecified atom stereocenters. The van der Waals surface area contributed by atoms with Crippen LogP contribution in [0.15, 0.2) is 28.9 Å². The minimum absolute atomic E-state index is 0.0781. The maximum atomic E-state index is 12.1. The molecule has 0 bridgehead atoms. The van der Waals surface area contributed by atoms with Gasteiger partial charge < -0.3 is 9.84 Å². The summed E-state index contributed by atoms with van der Waals surface area (Å²) in [4.78, 5) is 12.1. The van der Waals surface area contributed by atoms with Gasteiger partial charge in [-0.05, 0) is 32.4 Å². The molecule has 0 saturated heterocycles. The summed E-state index contributed by atoms with van der Waals surface area (Å²) in [7, 11) is 0. The number of aromatic nitrogens is 3. The second-order valence-electron chi connectivity index (χ2n) is 5.43. The maximum Gasteiger partial charge on any atom is 0.226 e. The van der Waals surface area contributed by atoms with E-state index in [1.54, 1.807) is 13.8 Å². The highest BCUT2D eigenvalue weighted by molar-refractivity contribution is 5.91. The average molecular weight is 298 g/mol. The lowest BCUT2D eigenvalue weighted by atomic mass is 10.2. The van der Waals surface area contributed by atoms with E-state index in [4.69, 9.17) is 4.52 Å². The van der Waals surface area contributed by atoms with E-state index < -0.39 is 0 Å². The van der Waals surface area contributed by atoms with Crippen LogP contribution >= 0.6 is 0 Å². The Morgan fingerprint density at radius 3 is 2.86 bits per heavy atom. The van der Waals surface area contributed by atoms with Gasteiger partial charge in [0.25, 0.3) is 0 Å². The van der Waals surface area contributed by atoms with Crippen molar-refractivity contribution in [2.45, 2.75) is 33.7 Å². The van der Waals surface area contributed by atoms with Crippen molar-refractivity contribution < 1.29 is 9.32 Å². The first-order valence-corrected chi connectivity index (χ1v) is 7.19. The second kappa shape index (κ2) is 5.63. The van der Waals surface area contributed by atoms with Crippen LogP contribution in [0.5, 0.6) is 0 Å². The number of benzene rings is 1. The van der Waals surface area contributed by atoms with Gasteiger partial charge in [-0.2, -0.15) is 5.10 Å². The van der Waals surface area contributed by atoms with Gasteiger partial charge in [0.1, 0.15) is 11.4 Å². The van der Waals surface area contributed by atoms with Gasteiger partial charge in [-0.25, -0.2) is 0 Å². The van der Waals surface area contributed by atoms with E-state index in [-0.39, 0.29) is 5.91 Å². The standard InChI is InChI=1S/C16H18N4O2/c1-10-4-5-13-9-17-20(14(13)8-10)7-6-15(21)18-16-11(2)19-22-12(16)3/h4-5,8-9H,6-7H2,1-3H3,(H,18,21). The van der Waals surface area contributed by atoms with Gasteiger partial charge in [-0.15, -0.1) is 0 Å². The molecule has 1 N–H and O–H groups in total. The number of rotatable bonds is 4. The van der Waals surface area contributed by atoms with Crippen molar-refractivity contribution in [3.05, 3.63) is 41.4 Å². The summed E-state index contributed by atoms with van der Waals surface area (Å²) in [6, 6.07) is 6.17. The second-order valence-corrected chi connectivity index (χ2v) is 5.43. The van der Waals surface area contributed by atoms with Gasteiger partial charge >= 0.3 is 0 Å². The van der Waals surface area contributed by atoms with Gasteiger partial charge in [0.05, 0.1) is 18.3 Å². The Bertz CT molecular complexity index is 812. The van der Waals surface area contributed by atoms with E-state index in [1.165, 1.54) is 5.56 Å². The highest BCUT2D eigenvalue weighted by Gasteiger charge is 2.12. The molecule has 3 rings (SSSR count). The quantitative estimate of drug-likeness (QED) is 0.803. The molecule has 6 heteroatoms. The summed E-state index contributed by atoms with van der Waals surface area (Å²) < 4.78 is 6.89. The molecule has 0 saturated carbocycles. The van der Waals surface area contributed by atoms with Gasteiger partial charge in [-0.3, -0.25) is 9.48 Å². The van der Waals surface area contributed by atoms with Crippen LogP contribution in [0.2, 0.25) is 0 Å². The van der Waals surface area contributed by atoms with Crippen LogP contribution in [0.1, 0.15) is 23.4 Å². The summed E-state index contributed by atoms with van der Waals surface area (Å²) in [6.45, 7) is 6.15. The van der Waals surface area contributed by atoms with Crippen LogP contribution < -0.4 is 5.32 Å². The first kappa shape index (κ1) is 14.3. The molecule has 0 spiro atoms. The summed E-state index contributed by atoms with van der Waals surface area (Å²) in [5.74, 6) is 0.539. The van der Waals surface area contributed by atoms with E-state index in [0.29, 0.717) is 30.1 Å². The van der Waals surface area contributed by atoms with Crippen LogP contribution in [-0.2, 0) is 11.3 Å². The molecular weight excluding hydrogens is 280 g/mol. The Labute approximate surface area is 128 Å². The molecule has 0 radical (unpaired) electrons. The highest BCUT2D eigenvalue weighted by Crippen LogP contribution is 2.19.